The summed E-state index contributed by atoms with van der Waals surface area (Å²) in [5, 5.41) is 13.1. The zero-order chi connectivity index (χ0) is 26.3. The quantitative estimate of drug-likeness (QED) is 0.450. The molecular formula is C25H27F3N4O4. The van der Waals surface area contributed by atoms with E-state index in [0.29, 0.717) is 23.9 Å². The molecule has 0 saturated carbocycles. The lowest BCUT2D eigenvalue weighted by Crippen LogP contribution is -2.33. The van der Waals surface area contributed by atoms with Crippen molar-refractivity contribution in [1.82, 2.24) is 14.9 Å². The van der Waals surface area contributed by atoms with Gasteiger partial charge in [-0.25, -0.2) is 14.6 Å². The van der Waals surface area contributed by atoms with Crippen molar-refractivity contribution in [3.8, 4) is 11.4 Å². The van der Waals surface area contributed by atoms with E-state index >= 15 is 0 Å². The molecule has 3 aromatic rings. The largest absolute Gasteiger partial charge is 0.494 e. The van der Waals surface area contributed by atoms with Gasteiger partial charge in [-0.15, -0.1) is 0 Å². The van der Waals surface area contributed by atoms with Crippen molar-refractivity contribution in [2.75, 3.05) is 19.0 Å². The van der Waals surface area contributed by atoms with Crippen LogP contribution in [0, 0.1) is 6.92 Å². The molecule has 192 valence electrons. The standard InChI is InChI=1S/C23H26N4O2.C2HF3O2/c1-16-14-27(15-25-16)21-11-10-19(12-22(21)29-2)26-23(28)24-13-18-8-5-7-17-6-3-4-9-20(17)18;3-2(4,5)1(6)7/h3-4,6,9-12,14-15,18H,5,7-8,13H2,1-2H3,(H2,24,26,28);(H,6,7). The lowest BCUT2D eigenvalue weighted by atomic mass is 9.83. The number of nitrogens with one attached hydrogen (secondary N) is 2. The summed E-state index contributed by atoms with van der Waals surface area (Å²) >= 11 is 0. The van der Waals surface area contributed by atoms with Gasteiger partial charge in [0.2, 0.25) is 0 Å². The molecule has 1 aliphatic rings. The number of hydrogen-bond acceptors (Lipinski definition) is 4. The maximum Gasteiger partial charge on any atom is 0.490 e. The van der Waals surface area contributed by atoms with Crippen LogP contribution in [0.25, 0.3) is 5.69 Å². The van der Waals surface area contributed by atoms with Crippen LogP contribution in [0.1, 0.15) is 35.6 Å². The fourth-order valence-corrected chi connectivity index (χ4v) is 3.98. The summed E-state index contributed by atoms with van der Waals surface area (Å²) in [7, 11) is 1.62. The number of halogens is 3. The number of aryl methyl sites for hydroxylation is 2. The van der Waals surface area contributed by atoms with Gasteiger partial charge in [0.25, 0.3) is 0 Å². The fourth-order valence-electron chi connectivity index (χ4n) is 3.98. The summed E-state index contributed by atoms with van der Waals surface area (Å²) in [6, 6.07) is 13.9. The van der Waals surface area contributed by atoms with Gasteiger partial charge in [-0.05, 0) is 49.4 Å². The molecule has 0 radical (unpaired) electrons. The van der Waals surface area contributed by atoms with Crippen LogP contribution >= 0.6 is 0 Å². The molecule has 3 N–H and O–H groups in total. The number of alkyl halides is 3. The Hall–Kier alpha value is -4.02. The number of carboxylic acids is 1. The van der Waals surface area contributed by atoms with Crippen molar-refractivity contribution in [2.45, 2.75) is 38.3 Å². The van der Waals surface area contributed by atoms with Gasteiger partial charge < -0.3 is 25.0 Å². The molecule has 1 unspecified atom stereocenters. The molecule has 0 bridgehead atoms. The summed E-state index contributed by atoms with van der Waals surface area (Å²) in [5.41, 5.74) is 5.25. The number of carbonyl (C=O) groups excluding carboxylic acids is 1. The van der Waals surface area contributed by atoms with Crippen molar-refractivity contribution in [3.05, 3.63) is 71.8 Å². The number of rotatable bonds is 5. The van der Waals surface area contributed by atoms with Gasteiger partial charge in [0.15, 0.2) is 0 Å². The number of carbonyl (C=O) groups is 2. The van der Waals surface area contributed by atoms with E-state index in [0.717, 1.165) is 30.6 Å². The molecule has 2 amide bonds. The predicted octanol–water partition coefficient (Wildman–Crippen LogP) is 5.06. The number of urea groups is 1. The number of amides is 2. The van der Waals surface area contributed by atoms with Gasteiger partial charge in [0.1, 0.15) is 5.75 Å². The Kier molecular flexibility index (Phi) is 8.57. The Labute approximate surface area is 206 Å². The number of benzene rings is 2. The van der Waals surface area contributed by atoms with Gasteiger partial charge in [-0.2, -0.15) is 13.2 Å². The van der Waals surface area contributed by atoms with Crippen LogP contribution in [0.3, 0.4) is 0 Å². The molecule has 11 heteroatoms. The highest BCUT2D eigenvalue weighted by Crippen LogP contribution is 2.31. The zero-order valence-electron chi connectivity index (χ0n) is 19.8. The molecule has 0 spiro atoms. The third kappa shape index (κ3) is 7.00. The summed E-state index contributed by atoms with van der Waals surface area (Å²) in [5.74, 6) is -1.72. The van der Waals surface area contributed by atoms with Crippen molar-refractivity contribution in [2.24, 2.45) is 0 Å². The number of carboxylic acid groups (broad SMARTS) is 1. The number of nitrogens with zero attached hydrogens (tertiary/aromatic N) is 2. The van der Waals surface area contributed by atoms with Crippen LogP contribution in [0.4, 0.5) is 23.7 Å². The lowest BCUT2D eigenvalue weighted by Gasteiger charge is -2.25. The van der Waals surface area contributed by atoms with Gasteiger partial charge >= 0.3 is 18.2 Å². The molecule has 0 aliphatic heterocycles. The van der Waals surface area contributed by atoms with Crippen molar-refractivity contribution < 1.29 is 32.6 Å². The summed E-state index contributed by atoms with van der Waals surface area (Å²) < 4.78 is 39.1. The molecule has 1 atom stereocenters. The molecule has 2 aromatic carbocycles. The second-order valence-electron chi connectivity index (χ2n) is 8.23. The lowest BCUT2D eigenvalue weighted by molar-refractivity contribution is -0.192. The average Bonchev–Trinajstić information content (AvgIpc) is 3.28. The maximum absolute atomic E-state index is 12.4. The van der Waals surface area contributed by atoms with Crippen molar-refractivity contribution in [1.29, 1.82) is 0 Å². The van der Waals surface area contributed by atoms with Gasteiger partial charge in [0, 0.05) is 30.4 Å². The minimum Gasteiger partial charge on any atom is -0.494 e. The molecule has 4 rings (SSSR count). The summed E-state index contributed by atoms with van der Waals surface area (Å²) in [4.78, 5) is 25.6. The van der Waals surface area contributed by atoms with Crippen LogP contribution in [0.15, 0.2) is 55.0 Å². The number of ether oxygens (including phenoxy) is 1. The van der Waals surface area contributed by atoms with E-state index < -0.39 is 12.1 Å². The normalized spacial score (nSPS) is 14.6. The molecule has 1 aliphatic carbocycles. The van der Waals surface area contributed by atoms with Crippen molar-refractivity contribution >= 4 is 17.7 Å². The smallest absolute Gasteiger partial charge is 0.490 e. The number of imidazole rings is 1. The fraction of sp³-hybridized carbons (Fsp3) is 0.320. The molecule has 0 saturated heterocycles. The van der Waals surface area contributed by atoms with Gasteiger partial charge in [0.05, 0.1) is 24.8 Å². The van der Waals surface area contributed by atoms with E-state index in [4.69, 9.17) is 14.6 Å². The molecule has 0 fully saturated rings. The second-order valence-corrected chi connectivity index (χ2v) is 8.23. The highest BCUT2D eigenvalue weighted by atomic mass is 19.4. The van der Waals surface area contributed by atoms with Crippen LogP contribution < -0.4 is 15.4 Å². The monoisotopic (exact) mass is 504 g/mol. The molecule has 1 heterocycles. The molecule has 8 nitrogen and oxygen atoms in total. The van der Waals surface area contributed by atoms with Crippen LogP contribution in [0.5, 0.6) is 5.75 Å². The van der Waals surface area contributed by atoms with Gasteiger partial charge in [-0.3, -0.25) is 0 Å². The number of fused-ring (bicyclic) bond motifs is 1. The highest BCUT2D eigenvalue weighted by molar-refractivity contribution is 5.89. The van der Waals surface area contributed by atoms with E-state index in [1.165, 1.54) is 11.1 Å². The third-order valence-electron chi connectivity index (χ3n) is 5.67. The van der Waals surface area contributed by atoms with E-state index in [-0.39, 0.29) is 6.03 Å². The Bertz CT molecular complexity index is 1210. The predicted molar refractivity (Wildman–Crippen MR) is 128 cm³/mol. The number of methoxy groups -OCH3 is 1. The Morgan fingerprint density at radius 1 is 1.22 bits per heavy atom. The zero-order valence-corrected chi connectivity index (χ0v) is 19.8. The minimum atomic E-state index is -5.08. The van der Waals surface area contributed by atoms with E-state index in [9.17, 15) is 18.0 Å². The first kappa shape index (κ1) is 26.6. The van der Waals surface area contributed by atoms with Crippen LogP contribution in [-0.2, 0) is 11.2 Å². The Morgan fingerprint density at radius 3 is 2.58 bits per heavy atom. The third-order valence-corrected chi connectivity index (χ3v) is 5.67. The van der Waals surface area contributed by atoms with Crippen LogP contribution in [-0.4, -0.2) is 46.5 Å². The molecule has 1 aromatic heterocycles. The number of aromatic nitrogens is 2. The molecule has 36 heavy (non-hydrogen) atoms. The maximum atomic E-state index is 12.4. The Balaban J connectivity index is 0.000000454. The highest BCUT2D eigenvalue weighted by Gasteiger charge is 2.38. The van der Waals surface area contributed by atoms with E-state index in [1.54, 1.807) is 13.4 Å². The number of aliphatic carboxylic acids is 1. The minimum absolute atomic E-state index is 0.207. The molecular weight excluding hydrogens is 477 g/mol. The van der Waals surface area contributed by atoms with Crippen molar-refractivity contribution in [3.63, 3.8) is 0 Å². The van der Waals surface area contributed by atoms with E-state index in [1.807, 2.05) is 35.9 Å². The van der Waals surface area contributed by atoms with Gasteiger partial charge in [-0.1, -0.05) is 24.3 Å². The first-order valence-electron chi connectivity index (χ1n) is 11.2. The first-order valence-corrected chi connectivity index (χ1v) is 11.2. The first-order chi connectivity index (χ1) is 17.1. The Morgan fingerprint density at radius 2 is 1.94 bits per heavy atom. The van der Waals surface area contributed by atoms with Crippen LogP contribution in [0.2, 0.25) is 0 Å². The second kappa shape index (κ2) is 11.6. The SMILES string of the molecule is COc1cc(NC(=O)NCC2CCCc3ccccc32)ccc1-n1cnc(C)c1.O=C(O)C(F)(F)F. The summed E-state index contributed by atoms with van der Waals surface area (Å²) in [6.45, 7) is 2.57. The number of hydrogen-bond donors (Lipinski definition) is 3. The number of anilines is 1. The average molecular weight is 505 g/mol. The summed E-state index contributed by atoms with van der Waals surface area (Å²) in [6.07, 6.45) is 1.98. The topological polar surface area (TPSA) is 105 Å². The van der Waals surface area contributed by atoms with E-state index in [2.05, 4.69) is 39.9 Å².